The van der Waals surface area contributed by atoms with Gasteiger partial charge >= 0.3 is 0 Å². The number of fused-ring (bicyclic) bond motifs is 1. The Hall–Kier alpha value is -1.90. The van der Waals surface area contributed by atoms with Crippen molar-refractivity contribution in [2.75, 3.05) is 12.4 Å². The van der Waals surface area contributed by atoms with Gasteiger partial charge in [0.1, 0.15) is 18.2 Å². The standard InChI is InChI=1S/C14H14IN5O/c1-16-13-11-7-17-20(2)14(11)19-12(18-13)8-21-10-5-3-9(15)4-6-10/h3-7H,8H2,1-2H3,(H,16,18,19). The summed E-state index contributed by atoms with van der Waals surface area (Å²) in [4.78, 5) is 8.96. The lowest BCUT2D eigenvalue weighted by Gasteiger charge is -2.08. The Morgan fingerprint density at radius 2 is 2.00 bits per heavy atom. The van der Waals surface area contributed by atoms with Crippen molar-refractivity contribution in [3.8, 4) is 5.75 Å². The molecule has 2 heterocycles. The van der Waals surface area contributed by atoms with Crippen LogP contribution in [0.2, 0.25) is 0 Å². The molecule has 1 aromatic carbocycles. The fraction of sp³-hybridized carbons (Fsp3) is 0.214. The average molecular weight is 395 g/mol. The molecule has 0 bridgehead atoms. The Morgan fingerprint density at radius 1 is 1.24 bits per heavy atom. The third kappa shape index (κ3) is 2.92. The highest BCUT2D eigenvalue weighted by molar-refractivity contribution is 14.1. The van der Waals surface area contributed by atoms with Crippen LogP contribution in [0.5, 0.6) is 5.75 Å². The number of benzene rings is 1. The van der Waals surface area contributed by atoms with Crippen LogP contribution in [0.15, 0.2) is 30.5 Å². The largest absolute Gasteiger partial charge is 0.486 e. The molecule has 0 saturated heterocycles. The van der Waals surface area contributed by atoms with Crippen molar-refractivity contribution in [3.63, 3.8) is 0 Å². The highest BCUT2D eigenvalue weighted by Crippen LogP contribution is 2.20. The number of hydrogen-bond acceptors (Lipinski definition) is 5. The highest BCUT2D eigenvalue weighted by atomic mass is 127. The number of anilines is 1. The van der Waals surface area contributed by atoms with E-state index in [4.69, 9.17) is 4.74 Å². The second-order valence-electron chi connectivity index (χ2n) is 4.49. The molecule has 0 aliphatic heterocycles. The number of hydrogen-bond donors (Lipinski definition) is 1. The molecule has 108 valence electrons. The molecule has 3 aromatic rings. The molecule has 0 spiro atoms. The van der Waals surface area contributed by atoms with E-state index in [1.807, 2.05) is 38.4 Å². The minimum absolute atomic E-state index is 0.316. The van der Waals surface area contributed by atoms with Crippen molar-refractivity contribution in [2.24, 2.45) is 7.05 Å². The van der Waals surface area contributed by atoms with Gasteiger partial charge in [-0.3, -0.25) is 4.68 Å². The number of aryl methyl sites for hydroxylation is 1. The van der Waals surface area contributed by atoms with Gasteiger partial charge in [-0.05, 0) is 46.9 Å². The zero-order valence-corrected chi connectivity index (χ0v) is 13.8. The SMILES string of the molecule is CNc1nc(COc2ccc(I)cc2)nc2c1cnn2C. The first kappa shape index (κ1) is 14.1. The molecule has 0 fully saturated rings. The van der Waals surface area contributed by atoms with Crippen LogP contribution in [0.4, 0.5) is 5.82 Å². The third-order valence-corrected chi connectivity index (χ3v) is 3.78. The molecule has 0 aliphatic rings. The van der Waals surface area contributed by atoms with Gasteiger partial charge in [-0.2, -0.15) is 5.10 Å². The summed E-state index contributed by atoms with van der Waals surface area (Å²) >= 11 is 2.26. The van der Waals surface area contributed by atoms with E-state index in [1.54, 1.807) is 10.9 Å². The number of halogens is 1. The average Bonchev–Trinajstić information content (AvgIpc) is 2.87. The summed E-state index contributed by atoms with van der Waals surface area (Å²) in [5, 5.41) is 8.18. The molecule has 0 amide bonds. The van der Waals surface area contributed by atoms with E-state index in [0.717, 1.165) is 22.6 Å². The highest BCUT2D eigenvalue weighted by Gasteiger charge is 2.10. The van der Waals surface area contributed by atoms with Crippen molar-refractivity contribution in [3.05, 3.63) is 39.9 Å². The number of ether oxygens (including phenoxy) is 1. The van der Waals surface area contributed by atoms with Crippen molar-refractivity contribution in [2.45, 2.75) is 6.61 Å². The van der Waals surface area contributed by atoms with Gasteiger partial charge in [0.15, 0.2) is 11.5 Å². The predicted molar refractivity (Wildman–Crippen MR) is 89.3 cm³/mol. The Balaban J connectivity index is 1.86. The fourth-order valence-corrected chi connectivity index (χ4v) is 2.36. The van der Waals surface area contributed by atoms with Gasteiger partial charge in [-0.1, -0.05) is 0 Å². The minimum Gasteiger partial charge on any atom is -0.486 e. The maximum Gasteiger partial charge on any atom is 0.170 e. The van der Waals surface area contributed by atoms with Gasteiger partial charge in [0.05, 0.1) is 11.6 Å². The summed E-state index contributed by atoms with van der Waals surface area (Å²) in [5.41, 5.74) is 0.788. The number of aromatic nitrogens is 4. The molecule has 6 nitrogen and oxygen atoms in total. The number of rotatable bonds is 4. The first-order valence-electron chi connectivity index (χ1n) is 6.42. The maximum atomic E-state index is 5.73. The molecule has 1 N–H and O–H groups in total. The second-order valence-corrected chi connectivity index (χ2v) is 5.73. The lowest BCUT2D eigenvalue weighted by atomic mass is 10.3. The molecule has 7 heteroatoms. The quantitative estimate of drug-likeness (QED) is 0.689. The van der Waals surface area contributed by atoms with E-state index in [2.05, 4.69) is 43.0 Å². The van der Waals surface area contributed by atoms with Crippen LogP contribution in [0.1, 0.15) is 5.82 Å². The summed E-state index contributed by atoms with van der Waals surface area (Å²) < 4.78 is 8.63. The van der Waals surface area contributed by atoms with E-state index in [-0.39, 0.29) is 0 Å². The number of nitrogens with zero attached hydrogens (tertiary/aromatic N) is 4. The van der Waals surface area contributed by atoms with Gasteiger partial charge < -0.3 is 10.1 Å². The lowest BCUT2D eigenvalue weighted by Crippen LogP contribution is -2.06. The normalized spacial score (nSPS) is 10.8. The molecular weight excluding hydrogens is 381 g/mol. The summed E-state index contributed by atoms with van der Waals surface area (Å²) in [7, 11) is 3.69. The van der Waals surface area contributed by atoms with Crippen LogP contribution in [0.3, 0.4) is 0 Å². The van der Waals surface area contributed by atoms with Crippen molar-refractivity contribution >= 4 is 39.4 Å². The van der Waals surface area contributed by atoms with Crippen LogP contribution in [-0.4, -0.2) is 26.8 Å². The minimum atomic E-state index is 0.316. The maximum absolute atomic E-state index is 5.73. The third-order valence-electron chi connectivity index (χ3n) is 3.06. The van der Waals surface area contributed by atoms with Gasteiger partial charge in [0.2, 0.25) is 0 Å². The summed E-state index contributed by atoms with van der Waals surface area (Å²) in [5.74, 6) is 2.18. The zero-order chi connectivity index (χ0) is 14.8. The molecule has 0 radical (unpaired) electrons. The van der Waals surface area contributed by atoms with Crippen LogP contribution in [-0.2, 0) is 13.7 Å². The van der Waals surface area contributed by atoms with Crippen molar-refractivity contribution in [1.29, 1.82) is 0 Å². The molecule has 2 aromatic heterocycles. The van der Waals surface area contributed by atoms with Crippen LogP contribution < -0.4 is 10.1 Å². The summed E-state index contributed by atoms with van der Waals surface area (Å²) in [6.07, 6.45) is 1.75. The van der Waals surface area contributed by atoms with Gasteiger partial charge in [-0.15, -0.1) is 0 Å². The van der Waals surface area contributed by atoms with E-state index < -0.39 is 0 Å². The molecule has 0 aliphatic carbocycles. The van der Waals surface area contributed by atoms with E-state index >= 15 is 0 Å². The molecule has 0 unspecified atom stereocenters. The van der Waals surface area contributed by atoms with Gasteiger partial charge in [0, 0.05) is 17.7 Å². The van der Waals surface area contributed by atoms with Crippen LogP contribution >= 0.6 is 22.6 Å². The van der Waals surface area contributed by atoms with Crippen LogP contribution in [0.25, 0.3) is 11.0 Å². The Kier molecular flexibility index (Phi) is 3.91. The predicted octanol–water partition coefficient (Wildman–Crippen LogP) is 2.59. The van der Waals surface area contributed by atoms with E-state index in [1.165, 1.54) is 3.57 Å². The van der Waals surface area contributed by atoms with Gasteiger partial charge in [-0.25, -0.2) is 9.97 Å². The van der Waals surface area contributed by atoms with Crippen molar-refractivity contribution < 1.29 is 4.74 Å². The summed E-state index contributed by atoms with van der Waals surface area (Å²) in [6.45, 7) is 0.316. The monoisotopic (exact) mass is 395 g/mol. The Bertz CT molecular complexity index is 769. The van der Waals surface area contributed by atoms with E-state index in [0.29, 0.717) is 12.4 Å². The molecule has 3 rings (SSSR count). The molecule has 21 heavy (non-hydrogen) atoms. The first-order valence-corrected chi connectivity index (χ1v) is 7.50. The topological polar surface area (TPSA) is 64.9 Å². The van der Waals surface area contributed by atoms with E-state index in [9.17, 15) is 0 Å². The smallest absolute Gasteiger partial charge is 0.170 e. The summed E-state index contributed by atoms with van der Waals surface area (Å²) in [6, 6.07) is 7.87. The molecule has 0 saturated carbocycles. The van der Waals surface area contributed by atoms with Gasteiger partial charge in [0.25, 0.3) is 0 Å². The zero-order valence-electron chi connectivity index (χ0n) is 11.7. The van der Waals surface area contributed by atoms with Crippen molar-refractivity contribution in [1.82, 2.24) is 19.7 Å². The molecular formula is C14H14IN5O. The Morgan fingerprint density at radius 3 is 2.71 bits per heavy atom. The lowest BCUT2D eigenvalue weighted by molar-refractivity contribution is 0.296. The Labute approximate surface area is 135 Å². The number of nitrogens with one attached hydrogen (secondary N) is 1. The first-order chi connectivity index (χ1) is 10.2. The molecule has 0 atom stereocenters. The second kappa shape index (κ2) is 5.84. The van der Waals surface area contributed by atoms with Crippen LogP contribution in [0, 0.1) is 3.57 Å². The fourth-order valence-electron chi connectivity index (χ4n) is 2.00.